The Hall–Kier alpha value is -1.11. The van der Waals surface area contributed by atoms with E-state index in [4.69, 9.17) is 11.6 Å². The average molecular weight is 322 g/mol. The van der Waals surface area contributed by atoms with Gasteiger partial charge in [0.05, 0.1) is 0 Å². The molecule has 0 spiro atoms. The van der Waals surface area contributed by atoms with Crippen molar-refractivity contribution in [3.63, 3.8) is 0 Å². The Morgan fingerprint density at radius 1 is 1.14 bits per heavy atom. The highest BCUT2D eigenvalue weighted by Crippen LogP contribution is 2.40. The van der Waals surface area contributed by atoms with E-state index in [1.807, 2.05) is 0 Å². The Morgan fingerprint density at radius 2 is 1.67 bits per heavy atom. The first-order valence-electron chi connectivity index (χ1n) is 7.40. The molecule has 0 atom stereocenters. The SMILES string of the molecule is CC(C)[Si](C#CC(=O)c1cc(Cl)ccn1)(C(C)C)C(C)C. The van der Waals surface area contributed by atoms with Crippen molar-refractivity contribution in [1.82, 2.24) is 4.98 Å². The smallest absolute Gasteiger partial charge is 0.253 e. The molecule has 0 aliphatic rings. The standard InChI is InChI=1S/C17H24ClNOSi/c1-12(2)21(13(3)4,14(5)6)10-8-17(20)16-11-15(18)7-9-19-16/h7,9,11-14H,1-6H3. The summed E-state index contributed by atoms with van der Waals surface area (Å²) in [5, 5.41) is 0.509. The zero-order chi connectivity index (χ0) is 16.2. The zero-order valence-electron chi connectivity index (χ0n) is 13.7. The van der Waals surface area contributed by atoms with E-state index >= 15 is 0 Å². The topological polar surface area (TPSA) is 30.0 Å². The van der Waals surface area contributed by atoms with Crippen molar-refractivity contribution in [2.45, 2.75) is 58.2 Å². The van der Waals surface area contributed by atoms with Crippen LogP contribution in [0.15, 0.2) is 18.3 Å². The summed E-state index contributed by atoms with van der Waals surface area (Å²) >= 11 is 5.90. The van der Waals surface area contributed by atoms with Crippen molar-refractivity contribution in [1.29, 1.82) is 0 Å². The molecule has 2 nitrogen and oxygen atoms in total. The molecule has 0 aliphatic carbocycles. The molecule has 0 bridgehead atoms. The number of Topliss-reactive ketones (excluding diaryl/α,β-unsaturated/α-hetero) is 1. The molecule has 0 saturated heterocycles. The van der Waals surface area contributed by atoms with Crippen molar-refractivity contribution >= 4 is 25.5 Å². The second kappa shape index (κ2) is 7.24. The largest absolute Gasteiger partial charge is 0.277 e. The van der Waals surface area contributed by atoms with Gasteiger partial charge < -0.3 is 0 Å². The molecular weight excluding hydrogens is 298 g/mol. The van der Waals surface area contributed by atoms with Gasteiger partial charge in [-0.3, -0.25) is 9.78 Å². The minimum atomic E-state index is -1.88. The number of hydrogen-bond acceptors (Lipinski definition) is 2. The van der Waals surface area contributed by atoms with Crippen molar-refractivity contribution in [2.24, 2.45) is 0 Å². The van der Waals surface area contributed by atoms with E-state index in [0.717, 1.165) is 0 Å². The van der Waals surface area contributed by atoms with Crippen molar-refractivity contribution in [3.8, 4) is 11.5 Å². The van der Waals surface area contributed by atoms with Crippen LogP contribution < -0.4 is 0 Å². The van der Waals surface area contributed by atoms with Crippen molar-refractivity contribution in [3.05, 3.63) is 29.0 Å². The van der Waals surface area contributed by atoms with Gasteiger partial charge in [-0.15, -0.1) is 5.54 Å². The van der Waals surface area contributed by atoms with Gasteiger partial charge in [-0.05, 0) is 34.7 Å². The third-order valence-electron chi connectivity index (χ3n) is 4.21. The first-order chi connectivity index (χ1) is 9.71. The number of carbonyl (C=O) groups is 1. The number of hydrogen-bond donors (Lipinski definition) is 0. The molecule has 0 unspecified atom stereocenters. The van der Waals surface area contributed by atoms with Crippen molar-refractivity contribution < 1.29 is 4.79 Å². The van der Waals surface area contributed by atoms with Crippen LogP contribution in [0.5, 0.6) is 0 Å². The number of aromatic nitrogens is 1. The first-order valence-corrected chi connectivity index (χ1v) is 10.0. The van der Waals surface area contributed by atoms with Gasteiger partial charge in [-0.2, -0.15) is 0 Å². The predicted molar refractivity (Wildman–Crippen MR) is 92.4 cm³/mol. The lowest BCUT2D eigenvalue weighted by molar-refractivity contribution is 0.105. The number of carbonyl (C=O) groups excluding carboxylic acids is 1. The fourth-order valence-corrected chi connectivity index (χ4v) is 8.55. The Morgan fingerprint density at radius 3 is 2.10 bits per heavy atom. The zero-order valence-corrected chi connectivity index (χ0v) is 15.5. The lowest BCUT2D eigenvalue weighted by Gasteiger charge is -2.37. The summed E-state index contributed by atoms with van der Waals surface area (Å²) < 4.78 is 0. The van der Waals surface area contributed by atoms with Crippen LogP contribution in [0.3, 0.4) is 0 Å². The van der Waals surface area contributed by atoms with E-state index in [1.165, 1.54) is 6.20 Å². The normalized spacial score (nSPS) is 11.7. The van der Waals surface area contributed by atoms with Crippen LogP contribution in [-0.2, 0) is 0 Å². The van der Waals surface area contributed by atoms with Crippen LogP contribution in [0.25, 0.3) is 0 Å². The van der Waals surface area contributed by atoms with Crippen LogP contribution in [0, 0.1) is 11.5 Å². The van der Waals surface area contributed by atoms with Crippen LogP contribution >= 0.6 is 11.6 Å². The highest BCUT2D eigenvalue weighted by Gasteiger charge is 2.41. The summed E-state index contributed by atoms with van der Waals surface area (Å²) in [7, 11) is -1.88. The quantitative estimate of drug-likeness (QED) is 0.436. The summed E-state index contributed by atoms with van der Waals surface area (Å²) in [6.45, 7) is 13.4. The van der Waals surface area contributed by atoms with E-state index in [1.54, 1.807) is 12.1 Å². The second-order valence-electron chi connectivity index (χ2n) is 6.34. The lowest BCUT2D eigenvalue weighted by atomic mass is 10.2. The highest BCUT2D eigenvalue weighted by atomic mass is 35.5. The number of halogens is 1. The van der Waals surface area contributed by atoms with Crippen LogP contribution in [0.1, 0.15) is 52.0 Å². The fraction of sp³-hybridized carbons (Fsp3) is 0.529. The summed E-state index contributed by atoms with van der Waals surface area (Å²) in [4.78, 5) is 16.3. The third kappa shape index (κ3) is 3.96. The van der Waals surface area contributed by atoms with E-state index in [-0.39, 0.29) is 5.78 Å². The van der Waals surface area contributed by atoms with E-state index in [9.17, 15) is 4.79 Å². The van der Waals surface area contributed by atoms with Gasteiger partial charge >= 0.3 is 0 Å². The van der Waals surface area contributed by atoms with Gasteiger partial charge in [-0.25, -0.2) is 0 Å². The molecule has 1 aromatic heterocycles. The molecule has 1 heterocycles. The average Bonchev–Trinajstić information content (AvgIpc) is 2.37. The monoisotopic (exact) mass is 321 g/mol. The Labute approximate surface area is 134 Å². The molecule has 114 valence electrons. The first kappa shape index (κ1) is 17.9. The maximum absolute atomic E-state index is 12.2. The van der Waals surface area contributed by atoms with E-state index in [0.29, 0.717) is 27.3 Å². The van der Waals surface area contributed by atoms with Gasteiger partial charge in [0, 0.05) is 11.2 Å². The van der Waals surface area contributed by atoms with Crippen LogP contribution in [0.2, 0.25) is 21.6 Å². The maximum atomic E-state index is 12.2. The Balaban J connectivity index is 3.19. The Bertz CT molecular complexity index is 548. The summed E-state index contributed by atoms with van der Waals surface area (Å²) in [5.41, 5.74) is 5.25. The van der Waals surface area contributed by atoms with Crippen molar-refractivity contribution in [2.75, 3.05) is 0 Å². The molecule has 0 saturated carbocycles. The van der Waals surface area contributed by atoms with Crippen LogP contribution in [-0.4, -0.2) is 18.8 Å². The molecule has 1 rings (SSSR count). The maximum Gasteiger partial charge on any atom is 0.253 e. The molecule has 0 radical (unpaired) electrons. The lowest BCUT2D eigenvalue weighted by Crippen LogP contribution is -2.43. The molecule has 21 heavy (non-hydrogen) atoms. The van der Waals surface area contributed by atoms with Gasteiger partial charge in [0.25, 0.3) is 5.78 Å². The fourth-order valence-electron chi connectivity index (χ4n) is 3.19. The molecule has 0 fully saturated rings. The predicted octanol–water partition coefficient (Wildman–Crippen LogP) is 5.14. The molecule has 0 N–H and O–H groups in total. The van der Waals surface area contributed by atoms with Gasteiger partial charge in [0.1, 0.15) is 13.8 Å². The minimum absolute atomic E-state index is 0.240. The van der Waals surface area contributed by atoms with E-state index in [2.05, 4.69) is 58.0 Å². The molecule has 0 aliphatic heterocycles. The van der Waals surface area contributed by atoms with Gasteiger partial charge in [0.2, 0.25) is 0 Å². The molecular formula is C17H24ClNOSi. The molecule has 0 aromatic carbocycles. The Kier molecular flexibility index (Phi) is 6.19. The number of ketones is 1. The third-order valence-corrected chi connectivity index (χ3v) is 10.7. The minimum Gasteiger partial charge on any atom is -0.277 e. The summed E-state index contributed by atoms with van der Waals surface area (Å²) in [6, 6.07) is 3.23. The van der Waals surface area contributed by atoms with Crippen LogP contribution in [0.4, 0.5) is 0 Å². The number of rotatable bonds is 4. The summed E-state index contributed by atoms with van der Waals surface area (Å²) in [6.07, 6.45) is 1.54. The number of pyridine rings is 1. The van der Waals surface area contributed by atoms with Gasteiger partial charge in [-0.1, -0.05) is 53.1 Å². The molecule has 1 aromatic rings. The highest BCUT2D eigenvalue weighted by molar-refractivity contribution is 6.90. The van der Waals surface area contributed by atoms with E-state index < -0.39 is 8.07 Å². The summed E-state index contributed by atoms with van der Waals surface area (Å²) in [5.74, 6) is 2.62. The van der Waals surface area contributed by atoms with Gasteiger partial charge in [0.15, 0.2) is 0 Å². The molecule has 0 amide bonds. The molecule has 4 heteroatoms. The second-order valence-corrected chi connectivity index (χ2v) is 12.4. The number of nitrogens with zero attached hydrogens (tertiary/aromatic N) is 1.